The van der Waals surface area contributed by atoms with Gasteiger partial charge in [-0.3, -0.25) is 9.59 Å². The Labute approximate surface area is 102 Å². The Hall–Kier alpha value is -1.58. The molecule has 0 aliphatic carbocycles. The average molecular weight is 240 g/mol. The molecule has 0 aromatic heterocycles. The monoisotopic (exact) mass is 240 g/mol. The van der Waals surface area contributed by atoms with Gasteiger partial charge in [-0.25, -0.2) is 0 Å². The van der Waals surface area contributed by atoms with Crippen LogP contribution in [0.4, 0.5) is 0 Å². The Morgan fingerprint density at radius 2 is 2.00 bits per heavy atom. The Morgan fingerprint density at radius 1 is 1.41 bits per heavy atom. The van der Waals surface area contributed by atoms with Crippen LogP contribution in [0.1, 0.15) is 20.3 Å². The van der Waals surface area contributed by atoms with Crippen molar-refractivity contribution < 1.29 is 19.4 Å². The van der Waals surface area contributed by atoms with Crippen LogP contribution >= 0.6 is 0 Å². The van der Waals surface area contributed by atoms with Crippen molar-refractivity contribution in [2.45, 2.75) is 20.3 Å². The molecule has 0 radical (unpaired) electrons. The number of carbonyl (C=O) groups is 2. The minimum absolute atomic E-state index is 0.101. The Bertz CT molecular complexity index is 296. The molecule has 0 bridgehead atoms. The van der Waals surface area contributed by atoms with Gasteiger partial charge in [0.15, 0.2) is 0 Å². The molecular weight excluding hydrogens is 220 g/mol. The summed E-state index contributed by atoms with van der Waals surface area (Å²) in [6.45, 7) is 10.6. The molecule has 17 heavy (non-hydrogen) atoms. The molecule has 0 aromatic carbocycles. The lowest BCUT2D eigenvalue weighted by molar-refractivity contribution is -0.158. The van der Waals surface area contributed by atoms with Gasteiger partial charge in [0.1, 0.15) is 6.61 Å². The van der Waals surface area contributed by atoms with E-state index in [9.17, 15) is 14.7 Å². The van der Waals surface area contributed by atoms with Crippen LogP contribution in [0.3, 0.4) is 0 Å². The summed E-state index contributed by atoms with van der Waals surface area (Å²) < 4.78 is 4.92. The molecule has 0 aromatic rings. The number of carboxylic acid groups (broad SMARTS) is 1. The van der Waals surface area contributed by atoms with E-state index < -0.39 is 23.8 Å². The van der Waals surface area contributed by atoms with E-state index in [-0.39, 0.29) is 12.5 Å². The van der Waals surface area contributed by atoms with Crippen LogP contribution in [0, 0.1) is 17.8 Å². The van der Waals surface area contributed by atoms with Gasteiger partial charge in [-0.05, 0) is 12.3 Å². The lowest BCUT2D eigenvalue weighted by atomic mass is 9.81. The first kappa shape index (κ1) is 15.4. The van der Waals surface area contributed by atoms with Gasteiger partial charge in [0.25, 0.3) is 0 Å². The number of rotatable bonds is 8. The van der Waals surface area contributed by atoms with Crippen molar-refractivity contribution in [2.75, 3.05) is 6.61 Å². The lowest BCUT2D eigenvalue weighted by Crippen LogP contribution is -2.34. The number of ether oxygens (including phenoxy) is 1. The van der Waals surface area contributed by atoms with Gasteiger partial charge in [-0.15, -0.1) is 6.58 Å². The number of hydrogen-bond acceptors (Lipinski definition) is 3. The van der Waals surface area contributed by atoms with E-state index in [0.717, 1.165) is 0 Å². The van der Waals surface area contributed by atoms with Crippen LogP contribution in [-0.2, 0) is 14.3 Å². The molecule has 3 unspecified atom stereocenters. The number of carboxylic acids is 1. The van der Waals surface area contributed by atoms with Crippen LogP contribution in [0.25, 0.3) is 0 Å². The molecule has 4 heteroatoms. The number of carbonyl (C=O) groups excluding carboxylic acids is 1. The van der Waals surface area contributed by atoms with Crippen molar-refractivity contribution >= 4 is 11.9 Å². The normalized spacial score (nSPS) is 15.4. The molecule has 0 saturated carbocycles. The third kappa shape index (κ3) is 4.43. The lowest BCUT2D eigenvalue weighted by Gasteiger charge is -2.24. The number of hydrogen-bond donors (Lipinski definition) is 1. The van der Waals surface area contributed by atoms with E-state index in [2.05, 4.69) is 13.2 Å². The van der Waals surface area contributed by atoms with Gasteiger partial charge >= 0.3 is 11.9 Å². The summed E-state index contributed by atoms with van der Waals surface area (Å²) in [6.07, 6.45) is 3.42. The molecule has 0 fully saturated rings. The fourth-order valence-corrected chi connectivity index (χ4v) is 1.73. The molecule has 1 N–H and O–H groups in total. The van der Waals surface area contributed by atoms with Crippen LogP contribution in [0.15, 0.2) is 25.3 Å². The van der Waals surface area contributed by atoms with E-state index in [4.69, 9.17) is 4.74 Å². The third-order valence-electron chi connectivity index (χ3n) is 2.74. The molecular formula is C13H20O4. The first-order valence-corrected chi connectivity index (χ1v) is 5.62. The van der Waals surface area contributed by atoms with Crippen LogP contribution in [-0.4, -0.2) is 23.7 Å². The Morgan fingerprint density at radius 3 is 2.35 bits per heavy atom. The molecule has 4 nitrogen and oxygen atoms in total. The zero-order chi connectivity index (χ0) is 13.4. The summed E-state index contributed by atoms with van der Waals surface area (Å²) in [6, 6.07) is 0. The highest BCUT2D eigenvalue weighted by Gasteiger charge is 2.36. The van der Waals surface area contributed by atoms with Crippen molar-refractivity contribution in [1.82, 2.24) is 0 Å². The topological polar surface area (TPSA) is 63.6 Å². The average Bonchev–Trinajstić information content (AvgIpc) is 2.31. The van der Waals surface area contributed by atoms with Crippen LogP contribution in [0.2, 0.25) is 0 Å². The standard InChI is InChI=1S/C13H20O4/c1-5-8-17-13(16)10(7-3)11(12(14)15)9(4)6-2/h5-6,9-11H,1-2,7-8H2,3-4H3,(H,14,15). The number of aliphatic carboxylic acids is 1. The highest BCUT2D eigenvalue weighted by Crippen LogP contribution is 2.26. The molecule has 3 atom stereocenters. The fraction of sp³-hybridized carbons (Fsp3) is 0.538. The van der Waals surface area contributed by atoms with Gasteiger partial charge in [0.05, 0.1) is 11.8 Å². The summed E-state index contributed by atoms with van der Waals surface area (Å²) in [5.74, 6) is -3.22. The summed E-state index contributed by atoms with van der Waals surface area (Å²) >= 11 is 0. The molecule has 0 saturated heterocycles. The first-order valence-electron chi connectivity index (χ1n) is 5.62. The minimum atomic E-state index is -1.00. The Balaban J connectivity index is 4.89. The maximum absolute atomic E-state index is 11.7. The fourth-order valence-electron chi connectivity index (χ4n) is 1.73. The van der Waals surface area contributed by atoms with E-state index in [1.54, 1.807) is 19.9 Å². The molecule has 0 amide bonds. The van der Waals surface area contributed by atoms with Gasteiger partial charge in [-0.1, -0.05) is 32.6 Å². The van der Waals surface area contributed by atoms with Crippen molar-refractivity contribution in [3.63, 3.8) is 0 Å². The summed E-state index contributed by atoms with van der Waals surface area (Å²) in [5.41, 5.74) is 0. The van der Waals surface area contributed by atoms with E-state index in [0.29, 0.717) is 6.42 Å². The zero-order valence-electron chi connectivity index (χ0n) is 10.4. The van der Waals surface area contributed by atoms with Crippen molar-refractivity contribution in [1.29, 1.82) is 0 Å². The minimum Gasteiger partial charge on any atom is -0.481 e. The van der Waals surface area contributed by atoms with Gasteiger partial charge in [-0.2, -0.15) is 0 Å². The van der Waals surface area contributed by atoms with Crippen LogP contribution < -0.4 is 0 Å². The van der Waals surface area contributed by atoms with Crippen LogP contribution in [0.5, 0.6) is 0 Å². The largest absolute Gasteiger partial charge is 0.481 e. The Kier molecular flexibility index (Phi) is 6.94. The van der Waals surface area contributed by atoms with E-state index in [1.165, 1.54) is 6.08 Å². The van der Waals surface area contributed by atoms with Crippen molar-refractivity contribution in [3.05, 3.63) is 25.3 Å². The quantitative estimate of drug-likeness (QED) is 0.522. The van der Waals surface area contributed by atoms with E-state index in [1.807, 2.05) is 0 Å². The second-order valence-electron chi connectivity index (χ2n) is 3.89. The number of allylic oxidation sites excluding steroid dienone is 1. The summed E-state index contributed by atoms with van der Waals surface area (Å²) in [7, 11) is 0. The zero-order valence-corrected chi connectivity index (χ0v) is 10.4. The molecule has 0 aliphatic heterocycles. The van der Waals surface area contributed by atoms with Gasteiger partial charge in [0.2, 0.25) is 0 Å². The van der Waals surface area contributed by atoms with E-state index >= 15 is 0 Å². The number of esters is 1. The first-order chi connectivity index (χ1) is 7.99. The second-order valence-corrected chi connectivity index (χ2v) is 3.89. The second kappa shape index (κ2) is 7.65. The third-order valence-corrected chi connectivity index (χ3v) is 2.74. The molecule has 96 valence electrons. The highest BCUT2D eigenvalue weighted by molar-refractivity contribution is 5.81. The summed E-state index contributed by atoms with van der Waals surface area (Å²) in [4.78, 5) is 22.9. The van der Waals surface area contributed by atoms with Gasteiger partial charge in [0, 0.05) is 0 Å². The molecule has 0 rings (SSSR count). The molecule has 0 heterocycles. The summed E-state index contributed by atoms with van der Waals surface area (Å²) in [5, 5.41) is 9.17. The SMILES string of the molecule is C=CCOC(=O)C(CC)C(C(=O)O)C(C)C=C. The van der Waals surface area contributed by atoms with Crippen molar-refractivity contribution in [3.8, 4) is 0 Å². The van der Waals surface area contributed by atoms with Gasteiger partial charge < -0.3 is 9.84 Å². The smallest absolute Gasteiger partial charge is 0.310 e. The predicted molar refractivity (Wildman–Crippen MR) is 65.4 cm³/mol. The molecule has 0 aliphatic rings. The predicted octanol–water partition coefficient (Wildman–Crippen LogP) is 2.26. The van der Waals surface area contributed by atoms with Crippen molar-refractivity contribution in [2.24, 2.45) is 17.8 Å². The maximum atomic E-state index is 11.7. The highest BCUT2D eigenvalue weighted by atomic mass is 16.5. The molecule has 0 spiro atoms. The maximum Gasteiger partial charge on any atom is 0.310 e.